The molecule has 4 nitrogen and oxygen atoms in total. The van der Waals surface area contributed by atoms with Crippen molar-refractivity contribution in [2.45, 2.75) is 6.42 Å². The molecule has 0 aliphatic carbocycles. The summed E-state index contributed by atoms with van der Waals surface area (Å²) in [5.41, 5.74) is 1.05. The van der Waals surface area contributed by atoms with E-state index in [-0.39, 0.29) is 18.3 Å². The Labute approximate surface area is 125 Å². The molecule has 2 N–H and O–H groups in total. The van der Waals surface area contributed by atoms with Crippen molar-refractivity contribution in [1.29, 1.82) is 0 Å². The minimum absolute atomic E-state index is 0. The van der Waals surface area contributed by atoms with E-state index in [0.29, 0.717) is 26.2 Å². The highest BCUT2D eigenvalue weighted by Gasteiger charge is 2.02. The first-order chi connectivity index (χ1) is 8.74. The van der Waals surface area contributed by atoms with E-state index >= 15 is 0 Å². The molecule has 19 heavy (non-hydrogen) atoms. The summed E-state index contributed by atoms with van der Waals surface area (Å²) in [5, 5.41) is 6.56. The summed E-state index contributed by atoms with van der Waals surface area (Å²) in [5.74, 6) is -0.0156. The van der Waals surface area contributed by atoms with Gasteiger partial charge in [0.15, 0.2) is 0 Å². The lowest BCUT2D eigenvalue weighted by Crippen LogP contribution is -2.36. The van der Waals surface area contributed by atoms with Crippen LogP contribution in [0.1, 0.15) is 5.56 Å². The van der Waals surface area contributed by atoms with Gasteiger partial charge in [-0.2, -0.15) is 0 Å². The van der Waals surface area contributed by atoms with Crippen LogP contribution in [0.3, 0.4) is 0 Å². The summed E-state index contributed by atoms with van der Waals surface area (Å²) in [7, 11) is 1.63. The maximum absolute atomic E-state index is 11.4. The Morgan fingerprint density at radius 1 is 1.32 bits per heavy atom. The number of benzene rings is 1. The third-order valence-electron chi connectivity index (χ3n) is 2.44. The fraction of sp³-hybridized carbons (Fsp3) is 0.462. The van der Waals surface area contributed by atoms with E-state index in [1.54, 1.807) is 7.11 Å². The average Bonchev–Trinajstić information content (AvgIpc) is 2.37. The Kier molecular flexibility index (Phi) is 10.6. The smallest absolute Gasteiger partial charge is 0.233 e. The Hall–Kier alpha value is -0.810. The van der Waals surface area contributed by atoms with Gasteiger partial charge in [0.1, 0.15) is 0 Å². The lowest BCUT2D eigenvalue weighted by molar-refractivity contribution is -0.120. The summed E-state index contributed by atoms with van der Waals surface area (Å²) in [6.07, 6.45) is 0.740. The molecule has 0 atom stereocenters. The van der Waals surface area contributed by atoms with Gasteiger partial charge in [-0.3, -0.25) is 4.79 Å². The maximum atomic E-state index is 11.4. The molecule has 0 aromatic heterocycles. The van der Waals surface area contributed by atoms with Gasteiger partial charge >= 0.3 is 0 Å². The average molecular weight is 307 g/mol. The highest BCUT2D eigenvalue weighted by Crippen LogP contribution is 2.14. The van der Waals surface area contributed by atoms with E-state index in [9.17, 15) is 4.79 Å². The molecule has 1 aromatic carbocycles. The zero-order valence-corrected chi connectivity index (χ0v) is 12.5. The first-order valence-corrected chi connectivity index (χ1v) is 6.31. The van der Waals surface area contributed by atoms with Crippen molar-refractivity contribution in [3.63, 3.8) is 0 Å². The van der Waals surface area contributed by atoms with E-state index in [1.165, 1.54) is 0 Å². The van der Waals surface area contributed by atoms with Crippen LogP contribution in [0.15, 0.2) is 24.3 Å². The Balaban J connectivity index is 0.00000324. The number of ether oxygens (including phenoxy) is 1. The van der Waals surface area contributed by atoms with Crippen molar-refractivity contribution in [2.75, 3.05) is 33.4 Å². The molecule has 1 amide bonds. The van der Waals surface area contributed by atoms with E-state index in [0.717, 1.165) is 17.0 Å². The van der Waals surface area contributed by atoms with Gasteiger partial charge in [-0.05, 0) is 18.1 Å². The van der Waals surface area contributed by atoms with Crippen LogP contribution in [0, 0.1) is 0 Å². The zero-order chi connectivity index (χ0) is 13.2. The summed E-state index contributed by atoms with van der Waals surface area (Å²) in [6, 6.07) is 7.65. The molecule has 0 aliphatic rings. The van der Waals surface area contributed by atoms with Crippen molar-refractivity contribution in [1.82, 2.24) is 10.6 Å². The first-order valence-electron chi connectivity index (χ1n) is 5.94. The second-order valence-electron chi connectivity index (χ2n) is 3.86. The minimum atomic E-state index is -0.0156. The lowest BCUT2D eigenvalue weighted by Gasteiger charge is -2.07. The van der Waals surface area contributed by atoms with Gasteiger partial charge in [-0.1, -0.05) is 29.8 Å². The van der Waals surface area contributed by atoms with E-state index in [2.05, 4.69) is 10.6 Å². The molecule has 1 aromatic rings. The van der Waals surface area contributed by atoms with Crippen LogP contribution in [0.4, 0.5) is 0 Å². The quantitative estimate of drug-likeness (QED) is 0.718. The predicted octanol–water partition coefficient (Wildman–Crippen LogP) is 1.66. The van der Waals surface area contributed by atoms with Crippen LogP contribution < -0.4 is 10.6 Å². The fourth-order valence-electron chi connectivity index (χ4n) is 1.48. The van der Waals surface area contributed by atoms with Gasteiger partial charge in [-0.25, -0.2) is 0 Å². The Morgan fingerprint density at radius 2 is 2.05 bits per heavy atom. The topological polar surface area (TPSA) is 50.4 Å². The van der Waals surface area contributed by atoms with Crippen LogP contribution in [0.25, 0.3) is 0 Å². The number of methoxy groups -OCH3 is 1. The van der Waals surface area contributed by atoms with Crippen molar-refractivity contribution in [3.05, 3.63) is 34.9 Å². The Bertz CT molecular complexity index is 375. The maximum Gasteiger partial charge on any atom is 0.233 e. The number of amides is 1. The molecular formula is C13H20Cl2N2O2. The monoisotopic (exact) mass is 306 g/mol. The largest absolute Gasteiger partial charge is 0.383 e. The SMILES string of the molecule is COCCNCC(=O)NCCc1ccccc1Cl.Cl. The normalized spacial score (nSPS) is 9.79. The van der Waals surface area contributed by atoms with Crippen LogP contribution in [0.5, 0.6) is 0 Å². The van der Waals surface area contributed by atoms with E-state index in [1.807, 2.05) is 24.3 Å². The molecule has 6 heteroatoms. The lowest BCUT2D eigenvalue weighted by atomic mass is 10.1. The number of hydrogen-bond acceptors (Lipinski definition) is 3. The fourth-order valence-corrected chi connectivity index (χ4v) is 1.71. The zero-order valence-electron chi connectivity index (χ0n) is 10.9. The number of halogens is 2. The number of carbonyl (C=O) groups is 1. The van der Waals surface area contributed by atoms with Gasteiger partial charge in [0, 0.05) is 25.2 Å². The number of carbonyl (C=O) groups excluding carboxylic acids is 1. The van der Waals surface area contributed by atoms with Gasteiger partial charge in [0.05, 0.1) is 13.2 Å². The molecule has 0 unspecified atom stereocenters. The summed E-state index contributed by atoms with van der Waals surface area (Å²) in [4.78, 5) is 11.4. The highest BCUT2D eigenvalue weighted by atomic mass is 35.5. The van der Waals surface area contributed by atoms with Gasteiger partial charge in [-0.15, -0.1) is 12.4 Å². The predicted molar refractivity (Wildman–Crippen MR) is 80.2 cm³/mol. The number of rotatable bonds is 8. The molecule has 0 heterocycles. The van der Waals surface area contributed by atoms with Crippen LogP contribution in [0.2, 0.25) is 5.02 Å². The van der Waals surface area contributed by atoms with Crippen LogP contribution in [-0.2, 0) is 16.0 Å². The third kappa shape index (κ3) is 8.06. The Morgan fingerprint density at radius 3 is 2.74 bits per heavy atom. The summed E-state index contributed by atoms with van der Waals surface area (Å²) < 4.78 is 4.87. The molecule has 0 bridgehead atoms. The van der Waals surface area contributed by atoms with Crippen molar-refractivity contribution >= 4 is 29.9 Å². The summed E-state index contributed by atoms with van der Waals surface area (Å²) in [6.45, 7) is 2.18. The molecule has 0 radical (unpaired) electrons. The van der Waals surface area contributed by atoms with E-state index < -0.39 is 0 Å². The molecule has 0 aliphatic heterocycles. The molecule has 108 valence electrons. The minimum Gasteiger partial charge on any atom is -0.383 e. The molecule has 0 fully saturated rings. The molecule has 0 saturated carbocycles. The van der Waals surface area contributed by atoms with Gasteiger partial charge in [0.25, 0.3) is 0 Å². The van der Waals surface area contributed by atoms with Crippen LogP contribution in [-0.4, -0.2) is 39.3 Å². The molecule has 1 rings (SSSR count). The number of hydrogen-bond donors (Lipinski definition) is 2. The molecule has 0 spiro atoms. The summed E-state index contributed by atoms with van der Waals surface area (Å²) >= 11 is 6.02. The van der Waals surface area contributed by atoms with E-state index in [4.69, 9.17) is 16.3 Å². The second kappa shape index (κ2) is 11.1. The highest BCUT2D eigenvalue weighted by molar-refractivity contribution is 6.31. The van der Waals surface area contributed by atoms with Crippen molar-refractivity contribution in [2.24, 2.45) is 0 Å². The second-order valence-corrected chi connectivity index (χ2v) is 4.27. The third-order valence-corrected chi connectivity index (χ3v) is 2.81. The van der Waals surface area contributed by atoms with Crippen molar-refractivity contribution < 1.29 is 9.53 Å². The van der Waals surface area contributed by atoms with Crippen molar-refractivity contribution in [3.8, 4) is 0 Å². The standard InChI is InChI=1S/C13H19ClN2O2.ClH/c1-18-9-8-15-10-13(17)16-7-6-11-4-2-3-5-12(11)14;/h2-5,15H,6-10H2,1H3,(H,16,17);1H. The van der Waals surface area contributed by atoms with Gasteiger partial charge < -0.3 is 15.4 Å². The molecule has 0 saturated heterocycles. The first kappa shape index (κ1) is 18.2. The molecular weight excluding hydrogens is 287 g/mol. The number of nitrogens with one attached hydrogen (secondary N) is 2. The van der Waals surface area contributed by atoms with Crippen LogP contribution >= 0.6 is 24.0 Å². The van der Waals surface area contributed by atoms with Gasteiger partial charge in [0.2, 0.25) is 5.91 Å².